The lowest BCUT2D eigenvalue weighted by Crippen LogP contribution is -2.18. The van der Waals surface area contributed by atoms with Gasteiger partial charge in [0.15, 0.2) is 0 Å². The standard InChI is InChI=1S/C18H26ClNO3/c1-12(2)15(13(3)20-4)7-6-10-23-17-11-14(18(21)22-5)8-9-16(17)19/h8-9,11-12,15H,6-7,10H2,1-5H3. The van der Waals surface area contributed by atoms with Crippen LogP contribution in [0.15, 0.2) is 23.2 Å². The van der Waals surface area contributed by atoms with Crippen molar-refractivity contribution in [3.05, 3.63) is 28.8 Å². The Morgan fingerprint density at radius 1 is 1.35 bits per heavy atom. The molecule has 0 bridgehead atoms. The number of carbonyl (C=O) groups excluding carboxylic acids is 1. The molecule has 0 aliphatic carbocycles. The number of halogens is 1. The molecule has 0 heterocycles. The minimum Gasteiger partial charge on any atom is -0.492 e. The first-order chi connectivity index (χ1) is 10.9. The first-order valence-electron chi connectivity index (χ1n) is 7.84. The van der Waals surface area contributed by atoms with E-state index in [2.05, 4.69) is 25.8 Å². The molecule has 1 aromatic carbocycles. The molecule has 23 heavy (non-hydrogen) atoms. The smallest absolute Gasteiger partial charge is 0.337 e. The third-order valence-corrected chi connectivity index (χ3v) is 4.28. The van der Waals surface area contributed by atoms with Gasteiger partial charge in [-0.15, -0.1) is 0 Å². The molecule has 5 heteroatoms. The fraction of sp³-hybridized carbons (Fsp3) is 0.556. The number of rotatable bonds is 8. The van der Waals surface area contributed by atoms with Crippen LogP contribution in [0.5, 0.6) is 5.75 Å². The first-order valence-corrected chi connectivity index (χ1v) is 8.22. The topological polar surface area (TPSA) is 47.9 Å². The second-order valence-corrected chi connectivity index (χ2v) is 6.25. The number of nitrogens with zero attached hydrogens (tertiary/aromatic N) is 1. The zero-order chi connectivity index (χ0) is 17.4. The van der Waals surface area contributed by atoms with Gasteiger partial charge in [0.05, 0.1) is 24.3 Å². The summed E-state index contributed by atoms with van der Waals surface area (Å²) in [6.45, 7) is 7.03. The van der Waals surface area contributed by atoms with Crippen molar-refractivity contribution in [2.75, 3.05) is 20.8 Å². The van der Waals surface area contributed by atoms with E-state index < -0.39 is 5.97 Å². The van der Waals surface area contributed by atoms with Crippen LogP contribution < -0.4 is 4.74 Å². The van der Waals surface area contributed by atoms with E-state index in [0.717, 1.165) is 12.8 Å². The van der Waals surface area contributed by atoms with Crippen molar-refractivity contribution >= 4 is 23.3 Å². The fourth-order valence-corrected chi connectivity index (χ4v) is 2.71. The highest BCUT2D eigenvalue weighted by atomic mass is 35.5. The van der Waals surface area contributed by atoms with Crippen molar-refractivity contribution in [2.45, 2.75) is 33.6 Å². The van der Waals surface area contributed by atoms with Crippen molar-refractivity contribution in [3.8, 4) is 5.75 Å². The Hall–Kier alpha value is -1.55. The van der Waals surface area contributed by atoms with E-state index >= 15 is 0 Å². The van der Waals surface area contributed by atoms with Gasteiger partial charge in [-0.2, -0.15) is 0 Å². The normalized spacial score (nSPS) is 13.1. The Kier molecular flexibility index (Phi) is 8.10. The van der Waals surface area contributed by atoms with Gasteiger partial charge in [-0.3, -0.25) is 4.99 Å². The molecule has 0 radical (unpaired) electrons. The molecular formula is C18H26ClNO3. The highest BCUT2D eigenvalue weighted by molar-refractivity contribution is 6.32. The van der Waals surface area contributed by atoms with Crippen LogP contribution in [0.3, 0.4) is 0 Å². The molecule has 0 aliphatic heterocycles. The summed E-state index contributed by atoms with van der Waals surface area (Å²) < 4.78 is 10.4. The van der Waals surface area contributed by atoms with Crippen LogP contribution in [0.25, 0.3) is 0 Å². The van der Waals surface area contributed by atoms with Gasteiger partial charge >= 0.3 is 5.97 Å². The molecule has 0 amide bonds. The van der Waals surface area contributed by atoms with Gasteiger partial charge in [-0.25, -0.2) is 4.79 Å². The van der Waals surface area contributed by atoms with E-state index in [0.29, 0.717) is 34.8 Å². The molecule has 1 aromatic rings. The quantitative estimate of drug-likeness (QED) is 0.393. The van der Waals surface area contributed by atoms with Gasteiger partial charge in [0.1, 0.15) is 5.75 Å². The molecule has 0 aromatic heterocycles. The van der Waals surface area contributed by atoms with E-state index in [4.69, 9.17) is 21.1 Å². The molecule has 4 nitrogen and oxygen atoms in total. The molecule has 128 valence electrons. The lowest BCUT2D eigenvalue weighted by Gasteiger charge is -2.20. The molecule has 0 spiro atoms. The van der Waals surface area contributed by atoms with Gasteiger partial charge in [0, 0.05) is 12.8 Å². The molecule has 0 saturated carbocycles. The van der Waals surface area contributed by atoms with Crippen LogP contribution in [0.2, 0.25) is 5.02 Å². The van der Waals surface area contributed by atoms with Crippen molar-refractivity contribution in [1.29, 1.82) is 0 Å². The number of methoxy groups -OCH3 is 1. The first kappa shape index (κ1) is 19.5. The summed E-state index contributed by atoms with van der Waals surface area (Å²) in [5.74, 6) is 1.11. The Balaban J connectivity index is 2.60. The van der Waals surface area contributed by atoms with E-state index in [1.165, 1.54) is 12.8 Å². The van der Waals surface area contributed by atoms with Gasteiger partial charge in [0.2, 0.25) is 0 Å². The molecule has 1 rings (SSSR count). The maximum absolute atomic E-state index is 11.5. The van der Waals surface area contributed by atoms with Crippen LogP contribution in [0.1, 0.15) is 44.0 Å². The lowest BCUT2D eigenvalue weighted by atomic mass is 9.87. The van der Waals surface area contributed by atoms with E-state index in [1.807, 2.05) is 7.05 Å². The van der Waals surface area contributed by atoms with Crippen LogP contribution in [-0.2, 0) is 4.74 Å². The number of aliphatic imine (C=N–C) groups is 1. The Bertz CT molecular complexity index is 555. The molecule has 0 fully saturated rings. The van der Waals surface area contributed by atoms with Crippen LogP contribution >= 0.6 is 11.6 Å². The molecule has 0 saturated heterocycles. The largest absolute Gasteiger partial charge is 0.492 e. The second-order valence-electron chi connectivity index (χ2n) is 5.84. The zero-order valence-corrected chi connectivity index (χ0v) is 15.3. The summed E-state index contributed by atoms with van der Waals surface area (Å²) in [6.07, 6.45) is 1.91. The maximum Gasteiger partial charge on any atom is 0.337 e. The van der Waals surface area contributed by atoms with E-state index in [-0.39, 0.29) is 0 Å². The van der Waals surface area contributed by atoms with Crippen LogP contribution in [-0.4, -0.2) is 32.4 Å². The van der Waals surface area contributed by atoms with Crippen molar-refractivity contribution < 1.29 is 14.3 Å². The number of hydrogen-bond donors (Lipinski definition) is 0. The molecule has 0 aliphatic rings. The van der Waals surface area contributed by atoms with Gasteiger partial charge in [-0.1, -0.05) is 25.4 Å². The summed E-state index contributed by atoms with van der Waals surface area (Å²) in [5.41, 5.74) is 1.60. The highest BCUT2D eigenvalue weighted by Crippen LogP contribution is 2.26. The number of hydrogen-bond acceptors (Lipinski definition) is 4. The highest BCUT2D eigenvalue weighted by Gasteiger charge is 2.16. The van der Waals surface area contributed by atoms with Gasteiger partial charge < -0.3 is 9.47 Å². The van der Waals surface area contributed by atoms with Crippen molar-refractivity contribution in [1.82, 2.24) is 0 Å². The predicted octanol–water partition coefficient (Wildman–Crippen LogP) is 4.65. The van der Waals surface area contributed by atoms with Crippen molar-refractivity contribution in [3.63, 3.8) is 0 Å². The third-order valence-electron chi connectivity index (χ3n) is 3.96. The van der Waals surface area contributed by atoms with E-state index in [9.17, 15) is 4.79 Å². The summed E-state index contributed by atoms with van der Waals surface area (Å²) in [7, 11) is 3.18. The summed E-state index contributed by atoms with van der Waals surface area (Å²) in [5, 5.41) is 0.490. The number of esters is 1. The van der Waals surface area contributed by atoms with E-state index in [1.54, 1.807) is 18.2 Å². The van der Waals surface area contributed by atoms with Crippen LogP contribution in [0, 0.1) is 11.8 Å². The molecule has 1 unspecified atom stereocenters. The summed E-state index contributed by atoms with van der Waals surface area (Å²) >= 11 is 6.11. The number of benzene rings is 1. The molecular weight excluding hydrogens is 314 g/mol. The molecule has 1 atom stereocenters. The van der Waals surface area contributed by atoms with Gasteiger partial charge in [-0.05, 0) is 49.8 Å². The summed E-state index contributed by atoms with van der Waals surface area (Å²) in [6, 6.07) is 4.89. The predicted molar refractivity (Wildman–Crippen MR) is 94.9 cm³/mol. The number of carbonyl (C=O) groups is 1. The Labute approximate surface area is 143 Å². The minimum atomic E-state index is -0.402. The number of ether oxygens (including phenoxy) is 2. The average Bonchev–Trinajstić information content (AvgIpc) is 2.54. The third kappa shape index (κ3) is 5.87. The Morgan fingerprint density at radius 3 is 2.61 bits per heavy atom. The van der Waals surface area contributed by atoms with Crippen molar-refractivity contribution in [2.24, 2.45) is 16.8 Å². The lowest BCUT2D eigenvalue weighted by molar-refractivity contribution is 0.0600. The zero-order valence-electron chi connectivity index (χ0n) is 14.6. The molecule has 0 N–H and O–H groups in total. The monoisotopic (exact) mass is 339 g/mol. The fourth-order valence-electron chi connectivity index (χ4n) is 2.53. The van der Waals surface area contributed by atoms with Gasteiger partial charge in [0.25, 0.3) is 0 Å². The second kappa shape index (κ2) is 9.56. The average molecular weight is 340 g/mol. The maximum atomic E-state index is 11.5. The summed E-state index contributed by atoms with van der Waals surface area (Å²) in [4.78, 5) is 15.8. The SMILES string of the molecule is CN=C(C)C(CCCOc1cc(C(=O)OC)ccc1Cl)C(C)C. The van der Waals surface area contributed by atoms with Crippen LogP contribution in [0.4, 0.5) is 0 Å². The minimum absolute atomic E-state index is 0.402. The Morgan fingerprint density at radius 2 is 2.04 bits per heavy atom.